The second kappa shape index (κ2) is 5.62. The van der Waals surface area contributed by atoms with Crippen molar-refractivity contribution in [2.45, 2.75) is 6.54 Å². The van der Waals surface area contributed by atoms with Crippen LogP contribution in [-0.2, 0) is 6.54 Å². The highest BCUT2D eigenvalue weighted by molar-refractivity contribution is 5.98. The fourth-order valence-corrected chi connectivity index (χ4v) is 2.10. The van der Waals surface area contributed by atoms with Crippen LogP contribution in [0.15, 0.2) is 53.4 Å². The van der Waals surface area contributed by atoms with Gasteiger partial charge in [0.05, 0.1) is 12.8 Å². The fourth-order valence-electron chi connectivity index (χ4n) is 2.10. The minimum Gasteiger partial charge on any atom is -0.459 e. The van der Waals surface area contributed by atoms with Gasteiger partial charge in [-0.2, -0.15) is 5.10 Å². The quantitative estimate of drug-likeness (QED) is 0.797. The van der Waals surface area contributed by atoms with E-state index in [4.69, 9.17) is 4.42 Å². The lowest BCUT2D eigenvalue weighted by Crippen LogP contribution is -2.26. The van der Waals surface area contributed by atoms with E-state index in [0.29, 0.717) is 18.1 Å². The molecule has 6 nitrogen and oxygen atoms in total. The monoisotopic (exact) mass is 282 g/mol. The minimum absolute atomic E-state index is 0.199. The zero-order chi connectivity index (χ0) is 14.7. The second-order valence-corrected chi connectivity index (χ2v) is 4.62. The van der Waals surface area contributed by atoms with E-state index in [-0.39, 0.29) is 5.91 Å². The number of carbonyl (C=O) groups is 1. The van der Waals surface area contributed by atoms with Gasteiger partial charge in [-0.25, -0.2) is 4.98 Å². The molecule has 0 aliphatic rings. The topological polar surface area (TPSA) is 75.0 Å². The minimum atomic E-state index is -0.199. The zero-order valence-electron chi connectivity index (χ0n) is 11.5. The number of nitrogens with one attached hydrogen (secondary N) is 1. The van der Waals surface area contributed by atoms with E-state index in [2.05, 4.69) is 15.2 Å². The van der Waals surface area contributed by atoms with Crippen LogP contribution in [-0.4, -0.2) is 33.0 Å². The number of aromatic nitrogens is 3. The summed E-state index contributed by atoms with van der Waals surface area (Å²) >= 11 is 0. The Labute approximate surface area is 121 Å². The lowest BCUT2D eigenvalue weighted by Gasteiger charge is -2.14. The molecular formula is C15H14N4O2. The number of benzene rings is 1. The number of hydrogen-bond acceptors (Lipinski definition) is 4. The molecule has 0 spiro atoms. The molecule has 6 heteroatoms. The molecule has 3 aromatic rings. The lowest BCUT2D eigenvalue weighted by atomic mass is 10.1. The third kappa shape index (κ3) is 2.69. The summed E-state index contributed by atoms with van der Waals surface area (Å²) in [4.78, 5) is 18.0. The van der Waals surface area contributed by atoms with E-state index in [0.717, 1.165) is 11.1 Å². The number of amides is 1. The summed E-state index contributed by atoms with van der Waals surface area (Å²) in [5.74, 6) is 0.747. The van der Waals surface area contributed by atoms with E-state index >= 15 is 0 Å². The number of nitrogens with zero attached hydrogens (tertiary/aromatic N) is 3. The molecule has 1 N–H and O–H groups in total. The summed E-state index contributed by atoms with van der Waals surface area (Å²) < 4.78 is 5.38. The fraction of sp³-hybridized carbons (Fsp3) is 0.133. The molecule has 0 fully saturated rings. The first kappa shape index (κ1) is 13.1. The van der Waals surface area contributed by atoms with Gasteiger partial charge in [0.25, 0.3) is 5.91 Å². The van der Waals surface area contributed by atoms with Gasteiger partial charge >= 0.3 is 0 Å². The van der Waals surface area contributed by atoms with Crippen LogP contribution >= 0.6 is 0 Å². The largest absolute Gasteiger partial charge is 0.459 e. The van der Waals surface area contributed by atoms with Crippen molar-refractivity contribution < 1.29 is 9.21 Å². The first-order valence-electron chi connectivity index (χ1n) is 6.48. The summed E-state index contributed by atoms with van der Waals surface area (Å²) in [6.45, 7) is 0.341. The van der Waals surface area contributed by atoms with E-state index < -0.39 is 0 Å². The Morgan fingerprint density at radius 1 is 1.29 bits per heavy atom. The van der Waals surface area contributed by atoms with Crippen molar-refractivity contribution in [3.63, 3.8) is 0 Å². The summed E-state index contributed by atoms with van der Waals surface area (Å²) in [5.41, 5.74) is 1.73. The number of hydrogen-bond donors (Lipinski definition) is 1. The predicted octanol–water partition coefficient (Wildman–Crippen LogP) is 2.34. The molecule has 3 rings (SSSR count). The van der Waals surface area contributed by atoms with Crippen LogP contribution in [0.1, 0.15) is 16.4 Å². The molecule has 0 saturated carbocycles. The molecule has 21 heavy (non-hydrogen) atoms. The zero-order valence-corrected chi connectivity index (χ0v) is 11.5. The molecule has 0 atom stereocenters. The van der Waals surface area contributed by atoms with Crippen molar-refractivity contribution in [1.29, 1.82) is 0 Å². The van der Waals surface area contributed by atoms with Crippen molar-refractivity contribution in [2.75, 3.05) is 7.05 Å². The molecule has 0 bridgehead atoms. The van der Waals surface area contributed by atoms with Gasteiger partial charge < -0.3 is 9.32 Å². The van der Waals surface area contributed by atoms with Gasteiger partial charge in [-0.15, -0.1) is 0 Å². The number of furan rings is 1. The molecule has 106 valence electrons. The van der Waals surface area contributed by atoms with Crippen LogP contribution in [0, 0.1) is 0 Å². The van der Waals surface area contributed by atoms with Crippen LogP contribution in [0.25, 0.3) is 11.1 Å². The van der Waals surface area contributed by atoms with Gasteiger partial charge in [0.15, 0.2) is 5.76 Å². The Morgan fingerprint density at radius 2 is 2.10 bits per heavy atom. The molecule has 0 aliphatic heterocycles. The Balaban J connectivity index is 1.84. The highest BCUT2D eigenvalue weighted by Gasteiger charge is 2.21. The van der Waals surface area contributed by atoms with Crippen LogP contribution in [0.5, 0.6) is 0 Å². The highest BCUT2D eigenvalue weighted by atomic mass is 16.3. The molecule has 1 amide bonds. The summed E-state index contributed by atoms with van der Waals surface area (Å²) in [5, 5.41) is 6.49. The number of H-pyrrole nitrogens is 1. The van der Waals surface area contributed by atoms with E-state index in [9.17, 15) is 4.79 Å². The van der Waals surface area contributed by atoms with Crippen LogP contribution in [0.2, 0.25) is 0 Å². The second-order valence-electron chi connectivity index (χ2n) is 4.62. The summed E-state index contributed by atoms with van der Waals surface area (Å²) in [6, 6.07) is 11.5. The molecule has 0 radical (unpaired) electrons. The summed E-state index contributed by atoms with van der Waals surface area (Å²) in [7, 11) is 1.70. The van der Waals surface area contributed by atoms with Crippen molar-refractivity contribution in [3.05, 3.63) is 60.6 Å². The average Bonchev–Trinajstić information content (AvgIpc) is 3.18. The predicted molar refractivity (Wildman–Crippen MR) is 76.3 cm³/mol. The van der Waals surface area contributed by atoms with E-state index in [1.807, 2.05) is 30.3 Å². The third-order valence-corrected chi connectivity index (χ3v) is 3.14. The maximum Gasteiger partial charge on any atom is 0.290 e. The van der Waals surface area contributed by atoms with Gasteiger partial charge in [-0.1, -0.05) is 30.3 Å². The van der Waals surface area contributed by atoms with Crippen molar-refractivity contribution in [2.24, 2.45) is 0 Å². The van der Waals surface area contributed by atoms with Gasteiger partial charge in [0.1, 0.15) is 12.2 Å². The lowest BCUT2D eigenvalue weighted by molar-refractivity contribution is 0.0751. The Morgan fingerprint density at radius 3 is 2.81 bits per heavy atom. The first-order chi connectivity index (χ1) is 10.3. The SMILES string of the molecule is CN(Cc1ncn[nH]1)C(=O)c1occc1-c1ccccc1. The first-order valence-corrected chi connectivity index (χ1v) is 6.48. The molecule has 2 aromatic heterocycles. The molecule has 0 unspecified atom stereocenters. The molecule has 0 aliphatic carbocycles. The average molecular weight is 282 g/mol. The number of aromatic amines is 1. The van der Waals surface area contributed by atoms with Crippen molar-refractivity contribution in [1.82, 2.24) is 20.1 Å². The van der Waals surface area contributed by atoms with E-state index in [1.165, 1.54) is 17.5 Å². The van der Waals surface area contributed by atoms with Crippen molar-refractivity contribution >= 4 is 5.91 Å². The van der Waals surface area contributed by atoms with Gasteiger partial charge in [-0.3, -0.25) is 9.89 Å². The Kier molecular flexibility index (Phi) is 3.51. The van der Waals surface area contributed by atoms with Crippen LogP contribution in [0.3, 0.4) is 0 Å². The molecular weight excluding hydrogens is 268 g/mol. The third-order valence-electron chi connectivity index (χ3n) is 3.14. The van der Waals surface area contributed by atoms with Gasteiger partial charge in [-0.05, 0) is 11.6 Å². The van der Waals surface area contributed by atoms with E-state index in [1.54, 1.807) is 13.1 Å². The van der Waals surface area contributed by atoms with Gasteiger partial charge in [0.2, 0.25) is 0 Å². The number of carbonyl (C=O) groups excluding carboxylic acids is 1. The van der Waals surface area contributed by atoms with Crippen LogP contribution in [0.4, 0.5) is 0 Å². The van der Waals surface area contributed by atoms with Crippen LogP contribution < -0.4 is 0 Å². The standard InChI is InChI=1S/C15H14N4O2/c1-19(9-13-16-10-17-18-13)15(20)14-12(7-8-21-14)11-5-3-2-4-6-11/h2-8,10H,9H2,1H3,(H,16,17,18). The maximum absolute atomic E-state index is 12.5. The number of rotatable bonds is 4. The van der Waals surface area contributed by atoms with Crippen molar-refractivity contribution in [3.8, 4) is 11.1 Å². The Hall–Kier alpha value is -2.89. The molecule has 2 heterocycles. The molecule has 1 aromatic carbocycles. The summed E-state index contributed by atoms with van der Waals surface area (Å²) in [6.07, 6.45) is 2.94. The smallest absolute Gasteiger partial charge is 0.290 e. The Bertz CT molecular complexity index is 719. The highest BCUT2D eigenvalue weighted by Crippen LogP contribution is 2.25. The van der Waals surface area contributed by atoms with Gasteiger partial charge in [0, 0.05) is 12.6 Å². The molecule has 0 saturated heterocycles. The normalized spacial score (nSPS) is 10.5. The maximum atomic E-state index is 12.5.